The Hall–Kier alpha value is -1.71. The van der Waals surface area contributed by atoms with Crippen molar-refractivity contribution in [3.05, 3.63) is 32.6 Å². The number of carbonyl (C=O) groups excluding carboxylic acids is 1. The number of aryl methyl sites for hydroxylation is 1. The molecular formula is C18H22BrN5O2S. The van der Waals surface area contributed by atoms with Crippen molar-refractivity contribution >= 4 is 44.9 Å². The van der Waals surface area contributed by atoms with Crippen molar-refractivity contribution in [3.8, 4) is 0 Å². The van der Waals surface area contributed by atoms with E-state index in [4.69, 9.17) is 9.72 Å². The molecule has 2 aromatic rings. The number of rotatable bonds is 3. The van der Waals surface area contributed by atoms with Crippen LogP contribution in [-0.4, -0.2) is 73.3 Å². The van der Waals surface area contributed by atoms with Crippen LogP contribution in [-0.2, 0) is 4.74 Å². The van der Waals surface area contributed by atoms with Gasteiger partial charge in [-0.05, 0) is 28.9 Å². The van der Waals surface area contributed by atoms with Gasteiger partial charge in [-0.3, -0.25) is 4.79 Å². The summed E-state index contributed by atoms with van der Waals surface area (Å²) in [6.07, 6.45) is 0. The Labute approximate surface area is 171 Å². The van der Waals surface area contributed by atoms with Gasteiger partial charge in [-0.15, -0.1) is 11.3 Å². The number of carbonyl (C=O) groups is 1. The number of hydrogen-bond donors (Lipinski definition) is 0. The lowest BCUT2D eigenvalue weighted by Crippen LogP contribution is -2.49. The van der Waals surface area contributed by atoms with Gasteiger partial charge in [-0.1, -0.05) is 0 Å². The highest BCUT2D eigenvalue weighted by atomic mass is 79.9. The molecule has 9 heteroatoms. The van der Waals surface area contributed by atoms with Gasteiger partial charge in [0, 0.05) is 60.9 Å². The van der Waals surface area contributed by atoms with Crippen molar-refractivity contribution < 1.29 is 9.53 Å². The molecule has 0 saturated carbocycles. The fourth-order valence-corrected chi connectivity index (χ4v) is 4.72. The van der Waals surface area contributed by atoms with Gasteiger partial charge in [-0.2, -0.15) is 4.98 Å². The molecule has 0 radical (unpaired) electrons. The number of nitrogens with zero attached hydrogens (tertiary/aromatic N) is 5. The lowest BCUT2D eigenvalue weighted by atomic mass is 10.3. The first-order valence-corrected chi connectivity index (χ1v) is 10.7. The van der Waals surface area contributed by atoms with E-state index >= 15 is 0 Å². The molecule has 2 aliphatic heterocycles. The summed E-state index contributed by atoms with van der Waals surface area (Å²) in [5, 5.41) is 1.94. The second-order valence-corrected chi connectivity index (χ2v) is 8.50. The van der Waals surface area contributed by atoms with Gasteiger partial charge in [0.25, 0.3) is 5.91 Å². The van der Waals surface area contributed by atoms with E-state index in [1.807, 2.05) is 29.3 Å². The Bertz CT molecular complexity index is 816. The van der Waals surface area contributed by atoms with Crippen LogP contribution < -0.4 is 9.80 Å². The Kier molecular flexibility index (Phi) is 5.60. The summed E-state index contributed by atoms with van der Waals surface area (Å²) in [5.74, 6) is 1.81. The summed E-state index contributed by atoms with van der Waals surface area (Å²) in [6, 6.07) is 3.92. The number of piperazine rings is 1. The maximum atomic E-state index is 12.6. The zero-order valence-electron chi connectivity index (χ0n) is 15.2. The molecule has 2 fully saturated rings. The average molecular weight is 452 g/mol. The summed E-state index contributed by atoms with van der Waals surface area (Å²) in [5.41, 5.74) is 0.962. The molecule has 0 unspecified atom stereocenters. The van der Waals surface area contributed by atoms with Gasteiger partial charge in [0.2, 0.25) is 5.95 Å². The molecule has 2 aromatic heterocycles. The van der Waals surface area contributed by atoms with Crippen LogP contribution in [0.1, 0.15) is 15.4 Å². The summed E-state index contributed by atoms with van der Waals surface area (Å²) in [4.78, 5) is 29.1. The van der Waals surface area contributed by atoms with E-state index < -0.39 is 0 Å². The van der Waals surface area contributed by atoms with E-state index in [9.17, 15) is 4.79 Å². The third kappa shape index (κ3) is 4.25. The molecule has 0 N–H and O–H groups in total. The number of thiophene rings is 1. The third-order valence-electron chi connectivity index (χ3n) is 4.79. The molecule has 4 rings (SSSR count). The van der Waals surface area contributed by atoms with Crippen molar-refractivity contribution in [2.24, 2.45) is 0 Å². The van der Waals surface area contributed by atoms with Crippen LogP contribution in [0.25, 0.3) is 0 Å². The second kappa shape index (κ2) is 8.12. The molecule has 27 heavy (non-hydrogen) atoms. The highest BCUT2D eigenvalue weighted by Crippen LogP contribution is 2.23. The number of halogens is 1. The summed E-state index contributed by atoms with van der Waals surface area (Å²) >= 11 is 4.89. The number of anilines is 2. The van der Waals surface area contributed by atoms with Crippen molar-refractivity contribution in [1.29, 1.82) is 0 Å². The number of morpholine rings is 1. The molecule has 0 atom stereocenters. The monoisotopic (exact) mass is 451 g/mol. The Morgan fingerprint density at radius 3 is 2.48 bits per heavy atom. The lowest BCUT2D eigenvalue weighted by molar-refractivity contribution is 0.0751. The number of hydrogen-bond acceptors (Lipinski definition) is 7. The van der Waals surface area contributed by atoms with E-state index in [1.54, 1.807) is 0 Å². The van der Waals surface area contributed by atoms with E-state index in [1.165, 1.54) is 11.3 Å². The first-order chi connectivity index (χ1) is 13.1. The van der Waals surface area contributed by atoms with Crippen LogP contribution in [0.15, 0.2) is 22.0 Å². The van der Waals surface area contributed by atoms with Crippen molar-refractivity contribution in [3.63, 3.8) is 0 Å². The quantitative estimate of drug-likeness (QED) is 0.713. The fraction of sp³-hybridized carbons (Fsp3) is 0.500. The van der Waals surface area contributed by atoms with Crippen molar-refractivity contribution in [1.82, 2.24) is 14.9 Å². The Balaban J connectivity index is 1.43. The van der Waals surface area contributed by atoms with Gasteiger partial charge < -0.3 is 19.4 Å². The number of ether oxygens (including phenoxy) is 1. The molecule has 0 bridgehead atoms. The minimum atomic E-state index is 0.101. The first kappa shape index (κ1) is 18.6. The van der Waals surface area contributed by atoms with E-state index in [-0.39, 0.29) is 5.91 Å². The highest BCUT2D eigenvalue weighted by Gasteiger charge is 2.25. The van der Waals surface area contributed by atoms with Crippen molar-refractivity contribution in [2.45, 2.75) is 6.92 Å². The van der Waals surface area contributed by atoms with E-state index in [0.29, 0.717) is 13.1 Å². The van der Waals surface area contributed by atoms with Crippen molar-refractivity contribution in [2.75, 3.05) is 62.3 Å². The van der Waals surface area contributed by atoms with Gasteiger partial charge in [-0.25, -0.2) is 4.98 Å². The smallest absolute Gasteiger partial charge is 0.264 e. The minimum Gasteiger partial charge on any atom is -0.378 e. The van der Waals surface area contributed by atoms with Crippen LogP contribution in [0.5, 0.6) is 0 Å². The molecule has 1 amide bonds. The molecule has 0 spiro atoms. The average Bonchev–Trinajstić information content (AvgIpc) is 3.14. The lowest BCUT2D eigenvalue weighted by Gasteiger charge is -2.35. The first-order valence-electron chi connectivity index (χ1n) is 9.07. The van der Waals surface area contributed by atoms with E-state index in [2.05, 4.69) is 30.7 Å². The second-order valence-electron chi connectivity index (χ2n) is 6.68. The minimum absolute atomic E-state index is 0.101. The Morgan fingerprint density at radius 1 is 1.07 bits per heavy atom. The SMILES string of the molecule is Cc1cc(N2CCOCC2)nc(N2CCN(C(=O)c3cc(Br)cs3)CC2)n1. The largest absolute Gasteiger partial charge is 0.378 e. The van der Waals surface area contributed by atoms with Crippen LogP contribution in [0, 0.1) is 6.92 Å². The molecule has 7 nitrogen and oxygen atoms in total. The van der Waals surface area contributed by atoms with Gasteiger partial charge in [0.15, 0.2) is 0 Å². The summed E-state index contributed by atoms with van der Waals surface area (Å²) in [6.45, 7) is 8.02. The third-order valence-corrected chi connectivity index (χ3v) is 6.47. The van der Waals surface area contributed by atoms with Crippen LogP contribution in [0.2, 0.25) is 0 Å². The van der Waals surface area contributed by atoms with Crippen LogP contribution >= 0.6 is 27.3 Å². The molecule has 4 heterocycles. The molecule has 0 aromatic carbocycles. The van der Waals surface area contributed by atoms with E-state index in [0.717, 1.165) is 66.2 Å². The number of aromatic nitrogens is 2. The fourth-order valence-electron chi connectivity index (χ4n) is 3.32. The zero-order chi connectivity index (χ0) is 18.8. The predicted molar refractivity (Wildman–Crippen MR) is 110 cm³/mol. The maximum absolute atomic E-state index is 12.6. The van der Waals surface area contributed by atoms with Crippen LogP contribution in [0.3, 0.4) is 0 Å². The maximum Gasteiger partial charge on any atom is 0.264 e. The summed E-state index contributed by atoms with van der Waals surface area (Å²) in [7, 11) is 0. The van der Waals surface area contributed by atoms with Gasteiger partial charge >= 0.3 is 0 Å². The van der Waals surface area contributed by atoms with Gasteiger partial charge in [0.1, 0.15) is 5.82 Å². The Morgan fingerprint density at radius 2 is 1.81 bits per heavy atom. The predicted octanol–water partition coefficient (Wildman–Crippen LogP) is 2.41. The molecular weight excluding hydrogens is 430 g/mol. The standard InChI is InChI=1S/C18H22BrN5O2S/c1-13-10-16(22-6-8-26-9-7-22)21-18(20-13)24-4-2-23(3-5-24)17(25)15-11-14(19)12-27-15/h10-12H,2-9H2,1H3. The topological polar surface area (TPSA) is 61.8 Å². The molecule has 144 valence electrons. The number of amides is 1. The normalized spacial score (nSPS) is 18.1. The molecule has 2 aliphatic rings. The highest BCUT2D eigenvalue weighted by molar-refractivity contribution is 9.10. The molecule has 0 aliphatic carbocycles. The summed E-state index contributed by atoms with van der Waals surface area (Å²) < 4.78 is 6.39. The van der Waals surface area contributed by atoms with Gasteiger partial charge in [0.05, 0.1) is 18.1 Å². The molecule has 2 saturated heterocycles. The van der Waals surface area contributed by atoms with Crippen LogP contribution in [0.4, 0.5) is 11.8 Å². The zero-order valence-corrected chi connectivity index (χ0v) is 17.6.